The highest BCUT2D eigenvalue weighted by atomic mass is 79.9. The number of aliphatic hydroxyl groups excluding tert-OH is 1. The van der Waals surface area contributed by atoms with Crippen LogP contribution in [0, 0.1) is 6.92 Å². The summed E-state index contributed by atoms with van der Waals surface area (Å²) in [6.07, 6.45) is 4.35. The predicted octanol–water partition coefficient (Wildman–Crippen LogP) is 2.95. The first-order valence-electron chi connectivity index (χ1n) is 7.42. The average molecular weight is 356 g/mol. The van der Waals surface area contributed by atoms with Crippen LogP contribution >= 0.6 is 15.9 Å². The number of carbonyl (C=O) groups is 1. The Morgan fingerprint density at radius 3 is 2.90 bits per heavy atom. The first-order valence-corrected chi connectivity index (χ1v) is 8.22. The number of aliphatic hydroxyl groups is 1. The Balaban J connectivity index is 1.84. The van der Waals surface area contributed by atoms with Crippen LogP contribution in [0.2, 0.25) is 0 Å². The Kier molecular flexibility index (Phi) is 6.06. The molecule has 4 nitrogen and oxygen atoms in total. The standard InChI is InChI=1S/C16H22BrNO3/c1-11-7-8-15(12(17)9-11)21-10-16(20)18-13-5-3-2-4-6-14(13)19/h7-9,13-14,19H,2-6,10H2,1H3,(H,18,20). The molecule has 0 bridgehead atoms. The largest absolute Gasteiger partial charge is 0.483 e. The minimum absolute atomic E-state index is 0.0368. The molecule has 0 heterocycles. The zero-order valence-corrected chi connectivity index (χ0v) is 13.9. The lowest BCUT2D eigenvalue weighted by molar-refractivity contribution is -0.124. The van der Waals surface area contributed by atoms with Crippen LogP contribution < -0.4 is 10.1 Å². The van der Waals surface area contributed by atoms with Crippen molar-refractivity contribution in [3.63, 3.8) is 0 Å². The highest BCUT2D eigenvalue weighted by Crippen LogP contribution is 2.25. The summed E-state index contributed by atoms with van der Waals surface area (Å²) in [5.41, 5.74) is 1.13. The van der Waals surface area contributed by atoms with Gasteiger partial charge in [0.05, 0.1) is 16.6 Å². The summed E-state index contributed by atoms with van der Waals surface area (Å²) in [5, 5.41) is 12.9. The maximum Gasteiger partial charge on any atom is 0.258 e. The molecule has 21 heavy (non-hydrogen) atoms. The fourth-order valence-electron chi connectivity index (χ4n) is 2.57. The summed E-state index contributed by atoms with van der Waals surface area (Å²) in [5.74, 6) is 0.464. The summed E-state index contributed by atoms with van der Waals surface area (Å²) in [6.45, 7) is 1.96. The van der Waals surface area contributed by atoms with Gasteiger partial charge in [-0.1, -0.05) is 25.3 Å². The SMILES string of the molecule is Cc1ccc(OCC(=O)NC2CCCCCC2O)c(Br)c1. The van der Waals surface area contributed by atoms with Crippen molar-refractivity contribution >= 4 is 21.8 Å². The maximum atomic E-state index is 12.0. The molecule has 1 aromatic rings. The van der Waals surface area contributed by atoms with Crippen LogP contribution in [0.4, 0.5) is 0 Å². The molecule has 0 radical (unpaired) electrons. The Hall–Kier alpha value is -1.07. The van der Waals surface area contributed by atoms with E-state index < -0.39 is 6.10 Å². The monoisotopic (exact) mass is 355 g/mol. The minimum Gasteiger partial charge on any atom is -0.483 e. The number of amides is 1. The first-order chi connectivity index (χ1) is 10.1. The van der Waals surface area contributed by atoms with E-state index in [9.17, 15) is 9.90 Å². The molecule has 0 saturated heterocycles. The van der Waals surface area contributed by atoms with E-state index in [1.54, 1.807) is 0 Å². The van der Waals surface area contributed by atoms with Gasteiger partial charge in [0.2, 0.25) is 0 Å². The second kappa shape index (κ2) is 7.80. The van der Waals surface area contributed by atoms with Crippen LogP contribution in [0.1, 0.15) is 37.7 Å². The van der Waals surface area contributed by atoms with Crippen molar-refractivity contribution in [3.8, 4) is 5.75 Å². The van der Waals surface area contributed by atoms with Crippen molar-refractivity contribution in [2.75, 3.05) is 6.61 Å². The van der Waals surface area contributed by atoms with Crippen LogP contribution in [0.3, 0.4) is 0 Å². The van der Waals surface area contributed by atoms with Crippen LogP contribution in [-0.2, 0) is 4.79 Å². The van der Waals surface area contributed by atoms with E-state index in [4.69, 9.17) is 4.74 Å². The number of hydrogen-bond donors (Lipinski definition) is 2. The maximum absolute atomic E-state index is 12.0. The molecule has 0 spiro atoms. The molecule has 2 N–H and O–H groups in total. The lowest BCUT2D eigenvalue weighted by Gasteiger charge is -2.21. The smallest absolute Gasteiger partial charge is 0.258 e. The summed E-state index contributed by atoms with van der Waals surface area (Å²) in [4.78, 5) is 12.0. The molecule has 1 amide bonds. The van der Waals surface area contributed by atoms with E-state index in [-0.39, 0.29) is 18.6 Å². The van der Waals surface area contributed by atoms with Gasteiger partial charge in [-0.2, -0.15) is 0 Å². The molecule has 2 unspecified atom stereocenters. The van der Waals surface area contributed by atoms with Gasteiger partial charge < -0.3 is 15.2 Å². The number of benzene rings is 1. The van der Waals surface area contributed by atoms with E-state index in [1.807, 2.05) is 25.1 Å². The van der Waals surface area contributed by atoms with Crippen LogP contribution in [0.25, 0.3) is 0 Å². The third kappa shape index (κ3) is 5.00. The number of hydrogen-bond acceptors (Lipinski definition) is 3. The van der Waals surface area contributed by atoms with Gasteiger partial charge in [-0.3, -0.25) is 4.79 Å². The van der Waals surface area contributed by atoms with Gasteiger partial charge in [-0.05, 0) is 53.4 Å². The van der Waals surface area contributed by atoms with E-state index in [0.29, 0.717) is 5.75 Å². The second-order valence-corrected chi connectivity index (χ2v) is 6.46. The average Bonchev–Trinajstić information content (AvgIpc) is 2.63. The molecule has 2 atom stereocenters. The van der Waals surface area contributed by atoms with Gasteiger partial charge in [0, 0.05) is 0 Å². The number of ether oxygens (including phenoxy) is 1. The molecule has 1 aliphatic rings. The predicted molar refractivity (Wildman–Crippen MR) is 85.4 cm³/mol. The van der Waals surface area contributed by atoms with Crippen molar-refractivity contribution in [2.24, 2.45) is 0 Å². The van der Waals surface area contributed by atoms with Crippen molar-refractivity contribution in [1.82, 2.24) is 5.32 Å². The minimum atomic E-state index is -0.442. The van der Waals surface area contributed by atoms with Gasteiger partial charge in [-0.25, -0.2) is 0 Å². The fourth-order valence-corrected chi connectivity index (χ4v) is 3.18. The highest BCUT2D eigenvalue weighted by Gasteiger charge is 2.23. The van der Waals surface area contributed by atoms with Gasteiger partial charge in [0.15, 0.2) is 6.61 Å². The van der Waals surface area contributed by atoms with E-state index in [0.717, 1.165) is 42.1 Å². The van der Waals surface area contributed by atoms with Crippen molar-refractivity contribution < 1.29 is 14.6 Å². The van der Waals surface area contributed by atoms with Gasteiger partial charge in [-0.15, -0.1) is 0 Å². The molecule has 116 valence electrons. The zero-order valence-electron chi connectivity index (χ0n) is 12.3. The second-order valence-electron chi connectivity index (χ2n) is 5.60. The summed E-state index contributed by atoms with van der Waals surface area (Å²) < 4.78 is 6.36. The van der Waals surface area contributed by atoms with E-state index in [1.165, 1.54) is 0 Å². The molecule has 5 heteroatoms. The molecular weight excluding hydrogens is 334 g/mol. The normalized spacial score (nSPS) is 22.4. The highest BCUT2D eigenvalue weighted by molar-refractivity contribution is 9.10. The Morgan fingerprint density at radius 1 is 1.38 bits per heavy atom. The summed E-state index contributed by atoms with van der Waals surface area (Å²) >= 11 is 3.42. The van der Waals surface area contributed by atoms with Crippen molar-refractivity contribution in [2.45, 2.75) is 51.2 Å². The third-order valence-corrected chi connectivity index (χ3v) is 4.39. The van der Waals surface area contributed by atoms with Gasteiger partial charge in [0.25, 0.3) is 5.91 Å². The van der Waals surface area contributed by atoms with Crippen molar-refractivity contribution in [1.29, 1.82) is 0 Å². The summed E-state index contributed by atoms with van der Waals surface area (Å²) in [6, 6.07) is 5.58. The number of halogens is 1. The molecule has 1 aliphatic carbocycles. The number of rotatable bonds is 4. The third-order valence-electron chi connectivity index (χ3n) is 3.77. The number of nitrogens with one attached hydrogen (secondary N) is 1. The van der Waals surface area contributed by atoms with Gasteiger partial charge in [0.1, 0.15) is 5.75 Å². The number of carbonyl (C=O) groups excluding carboxylic acids is 1. The Bertz CT molecular complexity index is 492. The van der Waals surface area contributed by atoms with Gasteiger partial charge >= 0.3 is 0 Å². The molecule has 1 saturated carbocycles. The quantitative estimate of drug-likeness (QED) is 0.816. The first kappa shape index (κ1) is 16.3. The fraction of sp³-hybridized carbons (Fsp3) is 0.562. The molecule has 1 aromatic carbocycles. The number of aryl methyl sites for hydroxylation is 1. The van der Waals surface area contributed by atoms with E-state index >= 15 is 0 Å². The van der Waals surface area contributed by atoms with E-state index in [2.05, 4.69) is 21.2 Å². The molecular formula is C16H22BrNO3. The summed E-state index contributed by atoms with van der Waals surface area (Å²) in [7, 11) is 0. The molecule has 0 aromatic heterocycles. The zero-order chi connectivity index (χ0) is 15.2. The molecule has 2 rings (SSSR count). The molecule has 0 aliphatic heterocycles. The molecule has 1 fully saturated rings. The lowest BCUT2D eigenvalue weighted by atomic mass is 10.1. The van der Waals surface area contributed by atoms with Crippen LogP contribution in [0.5, 0.6) is 5.75 Å². The Morgan fingerprint density at radius 2 is 2.14 bits per heavy atom. The van der Waals surface area contributed by atoms with Crippen LogP contribution in [0.15, 0.2) is 22.7 Å². The van der Waals surface area contributed by atoms with Crippen molar-refractivity contribution in [3.05, 3.63) is 28.2 Å². The topological polar surface area (TPSA) is 58.6 Å². The lowest BCUT2D eigenvalue weighted by Crippen LogP contribution is -2.44. The Labute approximate surface area is 134 Å². The van der Waals surface area contributed by atoms with Crippen LogP contribution in [-0.4, -0.2) is 29.8 Å².